The molecule has 0 aliphatic rings. The van der Waals surface area contributed by atoms with Gasteiger partial charge < -0.3 is 9.47 Å². The number of hydrogen-bond acceptors (Lipinski definition) is 3. The van der Waals surface area contributed by atoms with Crippen molar-refractivity contribution in [2.45, 2.75) is 26.2 Å². The number of methoxy groups -OCH3 is 1. The first-order valence-corrected chi connectivity index (χ1v) is 6.03. The molecule has 3 nitrogen and oxygen atoms in total. The second kappa shape index (κ2) is 7.85. The van der Waals surface area contributed by atoms with Crippen molar-refractivity contribution in [3.63, 3.8) is 0 Å². The summed E-state index contributed by atoms with van der Waals surface area (Å²) in [6.45, 7) is 3.07. The lowest BCUT2D eigenvalue weighted by Crippen LogP contribution is -2.08. The third-order valence-electron chi connectivity index (χ3n) is 2.49. The van der Waals surface area contributed by atoms with Gasteiger partial charge in [0.1, 0.15) is 12.4 Å². The molecule has 0 aromatic heterocycles. The minimum absolute atomic E-state index is 0.153. The van der Waals surface area contributed by atoms with Crippen LogP contribution in [0.3, 0.4) is 0 Å². The Bertz CT molecular complexity index is 347. The van der Waals surface area contributed by atoms with E-state index in [2.05, 4.69) is 6.92 Å². The zero-order valence-electron chi connectivity index (χ0n) is 10.6. The van der Waals surface area contributed by atoms with Gasteiger partial charge in [-0.1, -0.05) is 25.5 Å². The number of hydrogen-bond donors (Lipinski definition) is 0. The molecule has 0 aliphatic carbocycles. The van der Waals surface area contributed by atoms with Crippen LogP contribution in [-0.2, 0) is 4.74 Å². The molecule has 0 N–H and O–H groups in total. The Morgan fingerprint density at radius 2 is 2.00 bits per heavy atom. The fraction of sp³-hybridized carbons (Fsp3) is 0.500. The summed E-state index contributed by atoms with van der Waals surface area (Å²) >= 11 is 0. The summed E-state index contributed by atoms with van der Waals surface area (Å²) in [5.74, 6) is 0.811. The normalized spacial score (nSPS) is 10.2. The number of rotatable bonds is 8. The molecule has 94 valence electrons. The summed E-state index contributed by atoms with van der Waals surface area (Å²) in [7, 11) is 1.63. The molecule has 17 heavy (non-hydrogen) atoms. The molecule has 1 rings (SSSR count). The van der Waals surface area contributed by atoms with E-state index in [0.29, 0.717) is 30.9 Å². The number of para-hydroxylation sites is 1. The number of unbranched alkanes of at least 4 members (excludes halogenated alkanes) is 1. The molecule has 3 heteroatoms. The van der Waals surface area contributed by atoms with E-state index in [9.17, 15) is 4.79 Å². The van der Waals surface area contributed by atoms with Crippen LogP contribution >= 0.6 is 0 Å². The van der Waals surface area contributed by atoms with E-state index in [1.165, 1.54) is 0 Å². The molecule has 0 saturated carbocycles. The van der Waals surface area contributed by atoms with Gasteiger partial charge in [-0.3, -0.25) is 4.79 Å². The Morgan fingerprint density at radius 1 is 1.24 bits per heavy atom. The van der Waals surface area contributed by atoms with Crippen LogP contribution in [0.1, 0.15) is 36.5 Å². The van der Waals surface area contributed by atoms with Crippen molar-refractivity contribution in [1.29, 1.82) is 0 Å². The zero-order valence-corrected chi connectivity index (χ0v) is 10.6. The Kier molecular flexibility index (Phi) is 6.33. The highest BCUT2D eigenvalue weighted by Crippen LogP contribution is 2.20. The topological polar surface area (TPSA) is 35.5 Å². The second-order valence-corrected chi connectivity index (χ2v) is 3.86. The van der Waals surface area contributed by atoms with E-state index in [1.807, 2.05) is 24.3 Å². The standard InChI is InChI=1S/C14H20O3/c1-3-4-8-13(15)12-7-5-6-9-14(12)17-11-10-16-2/h5-7,9H,3-4,8,10-11H2,1-2H3. The van der Waals surface area contributed by atoms with Gasteiger partial charge in [0.15, 0.2) is 5.78 Å². The van der Waals surface area contributed by atoms with Crippen LogP contribution < -0.4 is 4.74 Å². The minimum atomic E-state index is 0.153. The smallest absolute Gasteiger partial charge is 0.166 e. The Labute approximate surface area is 103 Å². The maximum atomic E-state index is 11.9. The van der Waals surface area contributed by atoms with Crippen molar-refractivity contribution in [2.75, 3.05) is 20.3 Å². The maximum absolute atomic E-state index is 11.9. The molecule has 0 fully saturated rings. The Hall–Kier alpha value is -1.35. The molecule has 0 aliphatic heterocycles. The molecule has 0 atom stereocenters. The van der Waals surface area contributed by atoms with Crippen molar-refractivity contribution in [3.8, 4) is 5.75 Å². The first-order valence-electron chi connectivity index (χ1n) is 6.03. The summed E-state index contributed by atoms with van der Waals surface area (Å²) in [5.41, 5.74) is 0.678. The predicted molar refractivity (Wildman–Crippen MR) is 67.7 cm³/mol. The molecule has 0 radical (unpaired) electrons. The Morgan fingerprint density at radius 3 is 2.71 bits per heavy atom. The molecule has 1 aromatic rings. The van der Waals surface area contributed by atoms with Gasteiger partial charge in [0.25, 0.3) is 0 Å². The third-order valence-corrected chi connectivity index (χ3v) is 2.49. The van der Waals surface area contributed by atoms with Crippen molar-refractivity contribution in [1.82, 2.24) is 0 Å². The van der Waals surface area contributed by atoms with Crippen molar-refractivity contribution in [2.24, 2.45) is 0 Å². The van der Waals surface area contributed by atoms with Crippen LogP contribution in [-0.4, -0.2) is 26.1 Å². The van der Waals surface area contributed by atoms with Gasteiger partial charge in [0.2, 0.25) is 0 Å². The van der Waals surface area contributed by atoms with Gasteiger partial charge in [0, 0.05) is 13.5 Å². The highest BCUT2D eigenvalue weighted by atomic mass is 16.5. The molecule has 0 amide bonds. The van der Waals surface area contributed by atoms with Gasteiger partial charge >= 0.3 is 0 Å². The first-order chi connectivity index (χ1) is 8.29. The largest absolute Gasteiger partial charge is 0.490 e. The van der Waals surface area contributed by atoms with Gasteiger partial charge in [-0.15, -0.1) is 0 Å². The van der Waals surface area contributed by atoms with Crippen LogP contribution in [0.15, 0.2) is 24.3 Å². The molecule has 0 saturated heterocycles. The third kappa shape index (κ3) is 4.57. The van der Waals surface area contributed by atoms with Crippen LogP contribution in [0, 0.1) is 0 Å². The molecule has 0 bridgehead atoms. The lowest BCUT2D eigenvalue weighted by atomic mass is 10.0. The average molecular weight is 236 g/mol. The second-order valence-electron chi connectivity index (χ2n) is 3.86. The minimum Gasteiger partial charge on any atom is -0.490 e. The van der Waals surface area contributed by atoms with Gasteiger partial charge in [0.05, 0.1) is 12.2 Å². The number of benzene rings is 1. The maximum Gasteiger partial charge on any atom is 0.166 e. The summed E-state index contributed by atoms with van der Waals surface area (Å²) in [5, 5.41) is 0. The monoisotopic (exact) mass is 236 g/mol. The molecule has 0 unspecified atom stereocenters. The average Bonchev–Trinajstić information content (AvgIpc) is 2.37. The molecule has 1 aromatic carbocycles. The van der Waals surface area contributed by atoms with Crippen molar-refractivity contribution >= 4 is 5.78 Å². The van der Waals surface area contributed by atoms with Crippen molar-refractivity contribution in [3.05, 3.63) is 29.8 Å². The van der Waals surface area contributed by atoms with Crippen LogP contribution in [0.4, 0.5) is 0 Å². The van der Waals surface area contributed by atoms with Gasteiger partial charge in [-0.2, -0.15) is 0 Å². The number of Topliss-reactive ketones (excluding diaryl/α,β-unsaturated/α-hetero) is 1. The van der Waals surface area contributed by atoms with Crippen LogP contribution in [0.25, 0.3) is 0 Å². The molecule has 0 heterocycles. The summed E-state index contributed by atoms with van der Waals surface area (Å²) in [4.78, 5) is 11.9. The fourth-order valence-electron chi connectivity index (χ4n) is 1.53. The molecule has 0 spiro atoms. The van der Waals surface area contributed by atoms with Gasteiger partial charge in [-0.25, -0.2) is 0 Å². The van der Waals surface area contributed by atoms with E-state index < -0.39 is 0 Å². The quantitative estimate of drug-likeness (QED) is 0.514. The first kappa shape index (κ1) is 13.7. The van der Waals surface area contributed by atoms with E-state index in [-0.39, 0.29) is 5.78 Å². The predicted octanol–water partition coefficient (Wildman–Crippen LogP) is 3.08. The van der Waals surface area contributed by atoms with E-state index in [0.717, 1.165) is 12.8 Å². The highest BCUT2D eigenvalue weighted by molar-refractivity contribution is 5.98. The summed E-state index contributed by atoms with van der Waals surface area (Å²) < 4.78 is 10.5. The number of ether oxygens (including phenoxy) is 2. The van der Waals surface area contributed by atoms with Gasteiger partial charge in [-0.05, 0) is 18.6 Å². The zero-order chi connectivity index (χ0) is 12.5. The van der Waals surface area contributed by atoms with E-state index in [4.69, 9.17) is 9.47 Å². The van der Waals surface area contributed by atoms with E-state index >= 15 is 0 Å². The SMILES string of the molecule is CCCCC(=O)c1ccccc1OCCOC. The number of ketones is 1. The summed E-state index contributed by atoms with van der Waals surface area (Å²) in [6.07, 6.45) is 2.53. The van der Waals surface area contributed by atoms with Crippen molar-refractivity contribution < 1.29 is 14.3 Å². The Balaban J connectivity index is 2.66. The molecular weight excluding hydrogens is 216 g/mol. The fourth-order valence-corrected chi connectivity index (χ4v) is 1.53. The highest BCUT2D eigenvalue weighted by Gasteiger charge is 2.11. The number of carbonyl (C=O) groups excluding carboxylic acids is 1. The summed E-state index contributed by atoms with van der Waals surface area (Å²) in [6, 6.07) is 7.38. The lowest BCUT2D eigenvalue weighted by Gasteiger charge is -2.10. The van der Waals surface area contributed by atoms with E-state index in [1.54, 1.807) is 7.11 Å². The number of carbonyl (C=O) groups is 1. The lowest BCUT2D eigenvalue weighted by molar-refractivity contribution is 0.0972. The van der Waals surface area contributed by atoms with Crippen LogP contribution in [0.5, 0.6) is 5.75 Å². The molecular formula is C14H20O3. The van der Waals surface area contributed by atoms with Crippen LogP contribution in [0.2, 0.25) is 0 Å².